The van der Waals surface area contributed by atoms with E-state index in [1.807, 2.05) is 24.4 Å². The Morgan fingerprint density at radius 2 is 1.80 bits per heavy atom. The van der Waals surface area contributed by atoms with Gasteiger partial charge >= 0.3 is 5.69 Å². The fraction of sp³-hybridized carbons (Fsp3) is 0.410. The lowest BCUT2D eigenvalue weighted by molar-refractivity contribution is 0.0917. The second-order valence-corrected chi connectivity index (χ2v) is 13.6. The topological polar surface area (TPSA) is 116 Å². The summed E-state index contributed by atoms with van der Waals surface area (Å²) < 4.78 is 19.3. The molecule has 0 atom stereocenters. The van der Waals surface area contributed by atoms with Crippen LogP contribution in [0.25, 0.3) is 27.8 Å². The zero-order valence-electron chi connectivity index (χ0n) is 28.5. The second-order valence-electron chi connectivity index (χ2n) is 13.6. The van der Waals surface area contributed by atoms with Gasteiger partial charge < -0.3 is 15.2 Å². The first-order valence-electron chi connectivity index (χ1n) is 18.0. The molecule has 0 spiro atoms. The van der Waals surface area contributed by atoms with Crippen LogP contribution in [0.2, 0.25) is 0 Å². The first-order chi connectivity index (χ1) is 24.4. The maximum absolute atomic E-state index is 14.5. The molecule has 0 bridgehead atoms. The highest BCUT2D eigenvalue weighted by Crippen LogP contribution is 2.29. The van der Waals surface area contributed by atoms with E-state index in [1.54, 1.807) is 6.07 Å². The monoisotopic (exact) mass is 677 g/mol. The molecule has 10 nitrogen and oxygen atoms in total. The quantitative estimate of drug-likeness (QED) is 0.164. The Balaban J connectivity index is 1.12. The van der Waals surface area contributed by atoms with Gasteiger partial charge in [0.05, 0.1) is 17.3 Å². The minimum atomic E-state index is -0.646. The summed E-state index contributed by atoms with van der Waals surface area (Å²) >= 11 is 0. The van der Waals surface area contributed by atoms with Crippen molar-refractivity contribution in [2.24, 2.45) is 0 Å². The van der Waals surface area contributed by atoms with Gasteiger partial charge in [-0.25, -0.2) is 23.7 Å². The Labute approximate surface area is 290 Å². The van der Waals surface area contributed by atoms with Crippen molar-refractivity contribution in [3.8, 4) is 16.8 Å². The molecule has 50 heavy (non-hydrogen) atoms. The summed E-state index contributed by atoms with van der Waals surface area (Å²) in [7, 11) is 0. The summed E-state index contributed by atoms with van der Waals surface area (Å²) in [6, 6.07) is 16.5. The highest BCUT2D eigenvalue weighted by molar-refractivity contribution is 5.92. The van der Waals surface area contributed by atoms with Crippen molar-refractivity contribution in [1.29, 1.82) is 0 Å². The number of amides is 1. The molecule has 2 N–H and O–H groups in total. The van der Waals surface area contributed by atoms with Gasteiger partial charge in [-0.2, -0.15) is 0 Å². The van der Waals surface area contributed by atoms with E-state index in [-0.39, 0.29) is 23.0 Å². The number of imidazole rings is 1. The number of rotatable bonds is 11. The maximum atomic E-state index is 14.5. The van der Waals surface area contributed by atoms with Crippen LogP contribution >= 0.6 is 0 Å². The molecule has 1 saturated carbocycles. The second kappa shape index (κ2) is 14.9. The summed E-state index contributed by atoms with van der Waals surface area (Å²) in [4.78, 5) is 50.0. The van der Waals surface area contributed by atoms with Crippen LogP contribution < -0.4 is 21.9 Å². The van der Waals surface area contributed by atoms with Gasteiger partial charge in [0.2, 0.25) is 0 Å². The van der Waals surface area contributed by atoms with Crippen LogP contribution in [0, 0.1) is 5.82 Å². The summed E-state index contributed by atoms with van der Waals surface area (Å²) in [5, 5.41) is 6.65. The number of aryl methyl sites for hydroxylation is 2. The van der Waals surface area contributed by atoms with Crippen LogP contribution in [0.15, 0.2) is 76.6 Å². The lowest BCUT2D eigenvalue weighted by Gasteiger charge is -2.30. The molecule has 4 heterocycles. The molecule has 1 amide bonds. The highest BCUT2D eigenvalue weighted by atomic mass is 19.1. The fourth-order valence-electron chi connectivity index (χ4n) is 7.37. The van der Waals surface area contributed by atoms with Gasteiger partial charge in [0.25, 0.3) is 11.5 Å². The molecule has 0 radical (unpaired) electrons. The molecule has 1 fully saturated rings. The zero-order chi connectivity index (χ0) is 34.6. The van der Waals surface area contributed by atoms with E-state index in [2.05, 4.69) is 56.4 Å². The van der Waals surface area contributed by atoms with Gasteiger partial charge in [-0.1, -0.05) is 56.2 Å². The maximum Gasteiger partial charge on any atom is 0.337 e. The molecule has 2 aliphatic rings. The van der Waals surface area contributed by atoms with Gasteiger partial charge in [-0.3, -0.25) is 14.2 Å². The molecule has 3 aromatic heterocycles. The Hall–Kier alpha value is -4.90. The molecule has 1 aliphatic heterocycles. The lowest BCUT2D eigenvalue weighted by Crippen LogP contribution is -2.45. The highest BCUT2D eigenvalue weighted by Gasteiger charge is 2.29. The average Bonchev–Trinajstić information content (AvgIpc) is 3.58. The van der Waals surface area contributed by atoms with Crippen molar-refractivity contribution in [1.82, 2.24) is 34.3 Å². The van der Waals surface area contributed by atoms with E-state index in [1.165, 1.54) is 27.5 Å². The first kappa shape index (κ1) is 33.6. The minimum Gasteiger partial charge on any atom is -0.348 e. The first-order valence-corrected chi connectivity index (χ1v) is 18.0. The predicted octanol–water partition coefficient (Wildman–Crippen LogP) is 6.08. The number of benzene rings is 2. The van der Waals surface area contributed by atoms with Crippen molar-refractivity contribution in [3.63, 3.8) is 0 Å². The molecule has 2 aromatic carbocycles. The molecule has 0 unspecified atom stereocenters. The van der Waals surface area contributed by atoms with Crippen molar-refractivity contribution in [3.05, 3.63) is 111 Å². The third-order valence-electron chi connectivity index (χ3n) is 10.1. The summed E-state index contributed by atoms with van der Waals surface area (Å²) in [6.45, 7) is 4.87. The number of nitrogens with one attached hydrogen (secondary N) is 2. The Morgan fingerprint density at radius 1 is 0.980 bits per heavy atom. The van der Waals surface area contributed by atoms with Crippen LogP contribution in [0.4, 0.5) is 4.39 Å². The zero-order valence-corrected chi connectivity index (χ0v) is 28.5. The van der Waals surface area contributed by atoms with Gasteiger partial charge in [0.15, 0.2) is 5.65 Å². The fourth-order valence-corrected chi connectivity index (χ4v) is 7.37. The van der Waals surface area contributed by atoms with Gasteiger partial charge in [0.1, 0.15) is 17.3 Å². The number of carbonyl (C=O) groups is 1. The molecule has 260 valence electrons. The summed E-state index contributed by atoms with van der Waals surface area (Å²) in [5.74, 6) is 0.107. The Bertz CT molecular complexity index is 2090. The number of unbranched alkanes of at least 4 members (excludes halogenated alkanes) is 2. The number of carbonyl (C=O) groups excluding carboxylic acids is 1. The van der Waals surface area contributed by atoms with E-state index in [0.717, 1.165) is 74.5 Å². The molecule has 1 aliphatic carbocycles. The molecule has 0 saturated heterocycles. The van der Waals surface area contributed by atoms with Crippen molar-refractivity contribution in [2.75, 3.05) is 6.54 Å². The van der Waals surface area contributed by atoms with Gasteiger partial charge in [-0.05, 0) is 86.4 Å². The van der Waals surface area contributed by atoms with Crippen LogP contribution in [0.3, 0.4) is 0 Å². The van der Waals surface area contributed by atoms with E-state index in [0.29, 0.717) is 37.1 Å². The summed E-state index contributed by atoms with van der Waals surface area (Å²) in [5.41, 5.74) is 3.09. The van der Waals surface area contributed by atoms with E-state index >= 15 is 0 Å². The number of pyridine rings is 1. The number of halogens is 1. The number of fused-ring (bicyclic) bond motifs is 2. The molecule has 7 rings (SSSR count). The molecule has 5 aromatic rings. The van der Waals surface area contributed by atoms with Crippen LogP contribution in [-0.2, 0) is 19.5 Å². The SMILES string of the molecule is CCCCCNCc1ccc(-c2cccc(-n3c(=O)n(C4CCC(NC(=O)c5cn6c(n5)CCCC6)CC4)c(=O)c4cc(F)cnc43)c2)cc1. The molecular weight excluding hydrogens is 633 g/mol. The lowest BCUT2D eigenvalue weighted by atomic mass is 9.90. The number of hydrogen-bond donors (Lipinski definition) is 2. The van der Waals surface area contributed by atoms with Crippen LogP contribution in [0.5, 0.6) is 0 Å². The number of aromatic nitrogens is 5. The van der Waals surface area contributed by atoms with Crippen LogP contribution in [0.1, 0.15) is 92.6 Å². The van der Waals surface area contributed by atoms with Crippen molar-refractivity contribution < 1.29 is 9.18 Å². The van der Waals surface area contributed by atoms with Gasteiger partial charge in [-0.15, -0.1) is 0 Å². The van der Waals surface area contributed by atoms with Crippen LogP contribution in [-0.4, -0.2) is 42.2 Å². The molecule has 11 heteroatoms. The largest absolute Gasteiger partial charge is 0.348 e. The Morgan fingerprint density at radius 3 is 2.58 bits per heavy atom. The van der Waals surface area contributed by atoms with Crippen molar-refractivity contribution in [2.45, 2.75) is 96.3 Å². The number of hydrogen-bond acceptors (Lipinski definition) is 6. The average molecular weight is 678 g/mol. The third kappa shape index (κ3) is 7.05. The van der Waals surface area contributed by atoms with Gasteiger partial charge in [0, 0.05) is 37.8 Å². The minimum absolute atomic E-state index is 0.0463. The predicted molar refractivity (Wildman–Crippen MR) is 192 cm³/mol. The standard InChI is InChI=1S/C39H44FN7O3/c1-2-3-5-19-41-23-26-11-13-27(14-12-26)28-8-7-9-32(21-28)46-36-33(22-29(40)24-42-36)38(49)47(39(46)50)31-17-15-30(16-18-31)43-37(48)34-25-45-20-6-4-10-35(45)44-34/h7-9,11-14,21-22,24-25,30-31,41H,2-6,10,15-20,23H2,1H3,(H,43,48). The molecular formula is C39H44FN7O3. The summed E-state index contributed by atoms with van der Waals surface area (Å²) in [6.07, 6.45) is 11.7. The van der Waals surface area contributed by atoms with E-state index in [9.17, 15) is 18.8 Å². The van der Waals surface area contributed by atoms with E-state index < -0.39 is 23.1 Å². The van der Waals surface area contributed by atoms with E-state index in [4.69, 9.17) is 0 Å². The smallest absolute Gasteiger partial charge is 0.337 e. The number of nitrogens with zero attached hydrogens (tertiary/aromatic N) is 5. The third-order valence-corrected chi connectivity index (χ3v) is 10.1. The van der Waals surface area contributed by atoms with Crippen molar-refractivity contribution >= 4 is 16.9 Å². The Kier molecular flexibility index (Phi) is 10.0. The normalized spacial score (nSPS) is 17.5.